The van der Waals surface area contributed by atoms with Gasteiger partial charge in [0.1, 0.15) is 0 Å². The molecule has 0 radical (unpaired) electrons. The first-order valence-corrected chi connectivity index (χ1v) is 7.37. The third-order valence-electron chi connectivity index (χ3n) is 3.12. The van der Waals surface area contributed by atoms with E-state index in [9.17, 15) is 14.9 Å². The van der Waals surface area contributed by atoms with Crippen LogP contribution in [0.2, 0.25) is 0 Å². The Hall–Kier alpha value is -2.23. The van der Waals surface area contributed by atoms with Crippen LogP contribution in [0.1, 0.15) is 28.3 Å². The molecule has 0 aliphatic carbocycles. The molecule has 0 unspecified atom stereocenters. The van der Waals surface area contributed by atoms with Gasteiger partial charge < -0.3 is 15.4 Å². The Morgan fingerprint density at radius 2 is 2.27 bits per heavy atom. The molecule has 2 heterocycles. The van der Waals surface area contributed by atoms with Gasteiger partial charge in [-0.05, 0) is 41.1 Å². The van der Waals surface area contributed by atoms with Crippen LogP contribution in [0.5, 0.6) is 0 Å². The molecule has 0 aliphatic heterocycles. The first-order valence-electron chi connectivity index (χ1n) is 6.57. The summed E-state index contributed by atoms with van der Waals surface area (Å²) in [6.07, 6.45) is 0.687. The van der Waals surface area contributed by atoms with Crippen molar-refractivity contribution in [1.29, 1.82) is 0 Å². The minimum absolute atomic E-state index is 0.000517. The Balaban J connectivity index is 1.81. The second-order valence-corrected chi connectivity index (χ2v) is 5.51. The van der Waals surface area contributed by atoms with Crippen molar-refractivity contribution in [1.82, 2.24) is 25.3 Å². The van der Waals surface area contributed by atoms with Crippen LogP contribution in [0.15, 0.2) is 10.5 Å². The number of amides is 1. The van der Waals surface area contributed by atoms with Crippen molar-refractivity contribution >= 4 is 27.7 Å². The Morgan fingerprint density at radius 1 is 1.55 bits per heavy atom. The summed E-state index contributed by atoms with van der Waals surface area (Å²) in [5, 5.41) is 23.3. The number of H-pyrrole nitrogens is 1. The molecule has 10 heteroatoms. The van der Waals surface area contributed by atoms with Crippen molar-refractivity contribution < 1.29 is 9.72 Å². The van der Waals surface area contributed by atoms with Crippen molar-refractivity contribution in [3.05, 3.63) is 37.7 Å². The van der Waals surface area contributed by atoms with Crippen LogP contribution >= 0.6 is 15.9 Å². The van der Waals surface area contributed by atoms with E-state index in [0.717, 1.165) is 21.9 Å². The number of nitrogens with one attached hydrogen (secondary N) is 2. The molecule has 2 N–H and O–H groups in total. The summed E-state index contributed by atoms with van der Waals surface area (Å²) in [4.78, 5) is 21.6. The zero-order chi connectivity index (χ0) is 16.3. The van der Waals surface area contributed by atoms with E-state index in [0.29, 0.717) is 19.5 Å². The number of rotatable bonds is 6. The van der Waals surface area contributed by atoms with Gasteiger partial charge in [-0.2, -0.15) is 5.10 Å². The molecular weight excluding hydrogens is 356 g/mol. The second-order valence-electron chi connectivity index (χ2n) is 4.71. The van der Waals surface area contributed by atoms with Crippen molar-refractivity contribution in [3.63, 3.8) is 0 Å². The van der Waals surface area contributed by atoms with Gasteiger partial charge in [-0.15, -0.1) is 5.10 Å². The fourth-order valence-corrected chi connectivity index (χ4v) is 2.22. The highest BCUT2D eigenvalue weighted by molar-refractivity contribution is 9.10. The lowest BCUT2D eigenvalue weighted by molar-refractivity contribution is -0.389. The van der Waals surface area contributed by atoms with Gasteiger partial charge in [-0.1, -0.05) is 5.10 Å². The SMILES string of the molecule is Cc1nn(CCCNC(=O)c2cc([N+](=O)[O-])[nH]n2)c(C)c1Br. The molecule has 0 aromatic carbocycles. The van der Waals surface area contributed by atoms with E-state index in [2.05, 4.69) is 36.5 Å². The highest BCUT2D eigenvalue weighted by atomic mass is 79.9. The van der Waals surface area contributed by atoms with Crippen LogP contribution in [0, 0.1) is 24.0 Å². The highest BCUT2D eigenvalue weighted by Crippen LogP contribution is 2.19. The van der Waals surface area contributed by atoms with E-state index in [-0.39, 0.29) is 11.5 Å². The van der Waals surface area contributed by atoms with Crippen LogP contribution in [-0.2, 0) is 6.54 Å². The lowest BCUT2D eigenvalue weighted by atomic mass is 10.3. The van der Waals surface area contributed by atoms with E-state index in [1.165, 1.54) is 0 Å². The predicted octanol–water partition coefficient (Wildman–Crippen LogP) is 1.71. The number of hydrogen-bond acceptors (Lipinski definition) is 5. The number of aromatic amines is 1. The van der Waals surface area contributed by atoms with Crippen molar-refractivity contribution in [3.8, 4) is 0 Å². The molecule has 0 spiro atoms. The normalized spacial score (nSPS) is 10.7. The van der Waals surface area contributed by atoms with Crippen molar-refractivity contribution in [2.75, 3.05) is 6.54 Å². The number of nitro groups is 1. The predicted molar refractivity (Wildman–Crippen MR) is 81.6 cm³/mol. The fraction of sp³-hybridized carbons (Fsp3) is 0.417. The third kappa shape index (κ3) is 3.50. The maximum Gasteiger partial charge on any atom is 0.343 e. The van der Waals surface area contributed by atoms with Gasteiger partial charge in [0.2, 0.25) is 0 Å². The maximum atomic E-state index is 11.8. The number of carbonyl (C=O) groups excluding carboxylic acids is 1. The Bertz CT molecular complexity index is 708. The first-order chi connectivity index (χ1) is 10.4. The van der Waals surface area contributed by atoms with Crippen LogP contribution < -0.4 is 5.32 Å². The van der Waals surface area contributed by atoms with E-state index < -0.39 is 10.8 Å². The third-order valence-corrected chi connectivity index (χ3v) is 4.27. The quantitative estimate of drug-likeness (QED) is 0.455. The van der Waals surface area contributed by atoms with Gasteiger partial charge >= 0.3 is 5.82 Å². The molecule has 22 heavy (non-hydrogen) atoms. The van der Waals surface area contributed by atoms with Crippen molar-refractivity contribution in [2.45, 2.75) is 26.8 Å². The number of carbonyl (C=O) groups is 1. The van der Waals surface area contributed by atoms with Gasteiger partial charge in [0.05, 0.1) is 16.2 Å². The molecule has 118 valence electrons. The monoisotopic (exact) mass is 370 g/mol. The van der Waals surface area contributed by atoms with Crippen LogP contribution in [0.25, 0.3) is 0 Å². The molecule has 0 bridgehead atoms. The summed E-state index contributed by atoms with van der Waals surface area (Å²) in [5.74, 6) is -0.753. The highest BCUT2D eigenvalue weighted by Gasteiger charge is 2.16. The number of hydrogen-bond donors (Lipinski definition) is 2. The summed E-state index contributed by atoms with van der Waals surface area (Å²) in [6, 6.07) is 1.10. The maximum absolute atomic E-state index is 11.8. The van der Waals surface area contributed by atoms with Crippen LogP contribution in [-0.4, -0.2) is 37.4 Å². The first kappa shape index (κ1) is 16.1. The van der Waals surface area contributed by atoms with E-state index in [4.69, 9.17) is 0 Å². The molecule has 0 saturated carbocycles. The summed E-state index contributed by atoms with van der Waals surface area (Å²) in [7, 11) is 0. The average Bonchev–Trinajstić information content (AvgIpc) is 3.06. The molecule has 9 nitrogen and oxygen atoms in total. The molecular formula is C12H15BrN6O3. The minimum Gasteiger partial charge on any atom is -0.358 e. The second kappa shape index (κ2) is 6.69. The molecule has 1 amide bonds. The standard InChI is InChI=1S/C12H15BrN6O3/c1-7-11(13)8(2)18(17-7)5-3-4-14-12(20)9-6-10(16-15-9)19(21)22/h6H,3-5H2,1-2H3,(H,14,20)(H,15,16). The molecule has 0 saturated heterocycles. The Morgan fingerprint density at radius 3 is 2.82 bits per heavy atom. The molecule has 0 aliphatic rings. The number of nitrogens with zero attached hydrogens (tertiary/aromatic N) is 4. The van der Waals surface area contributed by atoms with Gasteiger partial charge in [-0.3, -0.25) is 9.48 Å². The van der Waals surface area contributed by atoms with Crippen molar-refractivity contribution in [2.24, 2.45) is 0 Å². The van der Waals surface area contributed by atoms with Gasteiger partial charge in [0.15, 0.2) is 5.69 Å². The molecule has 2 rings (SSSR count). The Labute approximate surface area is 134 Å². The largest absolute Gasteiger partial charge is 0.358 e. The van der Waals surface area contributed by atoms with Gasteiger partial charge in [-0.25, -0.2) is 0 Å². The van der Waals surface area contributed by atoms with Crippen LogP contribution in [0.3, 0.4) is 0 Å². The fourth-order valence-electron chi connectivity index (χ4n) is 1.94. The van der Waals surface area contributed by atoms with E-state index in [1.54, 1.807) is 0 Å². The summed E-state index contributed by atoms with van der Waals surface area (Å²) in [6.45, 7) is 4.97. The number of halogens is 1. The zero-order valence-electron chi connectivity index (χ0n) is 12.1. The number of aryl methyl sites for hydroxylation is 2. The number of aromatic nitrogens is 4. The van der Waals surface area contributed by atoms with E-state index >= 15 is 0 Å². The Kier molecular flexibility index (Phi) is 4.91. The topological polar surface area (TPSA) is 119 Å². The minimum atomic E-state index is -0.634. The van der Waals surface area contributed by atoms with Gasteiger partial charge in [0.25, 0.3) is 5.91 Å². The molecule has 2 aromatic rings. The summed E-state index contributed by atoms with van der Waals surface area (Å²) >= 11 is 3.46. The lowest BCUT2D eigenvalue weighted by Crippen LogP contribution is -2.25. The van der Waals surface area contributed by atoms with E-state index in [1.807, 2.05) is 18.5 Å². The smallest absolute Gasteiger partial charge is 0.343 e. The summed E-state index contributed by atoms with van der Waals surface area (Å²) < 4.78 is 2.85. The molecule has 0 fully saturated rings. The summed E-state index contributed by atoms with van der Waals surface area (Å²) in [5.41, 5.74) is 1.96. The molecule has 2 aromatic heterocycles. The van der Waals surface area contributed by atoms with Gasteiger partial charge in [0, 0.05) is 18.8 Å². The van der Waals surface area contributed by atoms with Crippen LogP contribution in [0.4, 0.5) is 5.82 Å². The average molecular weight is 371 g/mol. The molecule has 0 atom stereocenters. The lowest BCUT2D eigenvalue weighted by Gasteiger charge is -2.05. The zero-order valence-corrected chi connectivity index (χ0v) is 13.7.